The van der Waals surface area contributed by atoms with Gasteiger partial charge >= 0.3 is 0 Å². The van der Waals surface area contributed by atoms with E-state index >= 15 is 0 Å². The summed E-state index contributed by atoms with van der Waals surface area (Å²) in [5.74, 6) is 0.00125. The molecule has 0 fully saturated rings. The van der Waals surface area contributed by atoms with Crippen molar-refractivity contribution in [3.05, 3.63) is 48.0 Å². The molecular weight excluding hydrogens is 202 g/mol. The van der Waals surface area contributed by atoms with Crippen molar-refractivity contribution in [1.82, 2.24) is 4.90 Å². The number of carbonyl (C=O) groups is 1. The van der Waals surface area contributed by atoms with Gasteiger partial charge in [-0.3, -0.25) is 4.79 Å². The van der Waals surface area contributed by atoms with Gasteiger partial charge in [-0.15, -0.1) is 0 Å². The van der Waals surface area contributed by atoms with Gasteiger partial charge in [0.05, 0.1) is 12.5 Å². The summed E-state index contributed by atoms with van der Waals surface area (Å²) in [6, 6.07) is 9.28. The molecule has 0 saturated carbocycles. The van der Waals surface area contributed by atoms with Crippen LogP contribution in [0.1, 0.15) is 18.1 Å². The molecule has 1 amide bonds. The molecule has 0 bridgehead atoms. The molecule has 2 rings (SSSR count). The van der Waals surface area contributed by atoms with Gasteiger partial charge in [-0.1, -0.05) is 42.5 Å². The zero-order chi connectivity index (χ0) is 11.4. The highest BCUT2D eigenvalue weighted by molar-refractivity contribution is 5.77. The lowest BCUT2D eigenvalue weighted by Crippen LogP contribution is -2.29. The summed E-state index contributed by atoms with van der Waals surface area (Å²) in [5.41, 5.74) is 0.794. The lowest BCUT2D eigenvalue weighted by atomic mass is 10.1. The van der Waals surface area contributed by atoms with Gasteiger partial charge in [-0.25, -0.2) is 0 Å². The van der Waals surface area contributed by atoms with Crippen LogP contribution in [0.2, 0.25) is 0 Å². The number of rotatable bonds is 3. The van der Waals surface area contributed by atoms with E-state index in [1.54, 1.807) is 4.90 Å². The number of amides is 1. The lowest BCUT2D eigenvalue weighted by molar-refractivity contribution is -0.131. The van der Waals surface area contributed by atoms with Crippen LogP contribution in [0.25, 0.3) is 0 Å². The molecule has 16 heavy (non-hydrogen) atoms. The van der Waals surface area contributed by atoms with Gasteiger partial charge in [0, 0.05) is 13.1 Å². The second kappa shape index (κ2) is 4.94. The minimum Gasteiger partial charge on any atom is -0.388 e. The van der Waals surface area contributed by atoms with Gasteiger partial charge in [0.25, 0.3) is 0 Å². The van der Waals surface area contributed by atoms with E-state index in [9.17, 15) is 9.90 Å². The van der Waals surface area contributed by atoms with Crippen LogP contribution in [0, 0.1) is 0 Å². The standard InChI is InChI=1S/C13H15NO2/c15-12(11-6-2-1-3-7-11)10-13(16)14-8-4-5-9-14/h1-7,12,15H,8-10H2/t12-/m0/s1. The van der Waals surface area contributed by atoms with Crippen molar-refractivity contribution in [2.24, 2.45) is 0 Å². The Morgan fingerprint density at radius 1 is 1.25 bits per heavy atom. The largest absolute Gasteiger partial charge is 0.388 e. The third kappa shape index (κ3) is 2.49. The predicted molar refractivity (Wildman–Crippen MR) is 61.7 cm³/mol. The molecule has 1 aliphatic heterocycles. The molecule has 0 unspecified atom stereocenters. The van der Waals surface area contributed by atoms with E-state index in [-0.39, 0.29) is 12.3 Å². The number of hydrogen-bond donors (Lipinski definition) is 1. The zero-order valence-electron chi connectivity index (χ0n) is 9.04. The smallest absolute Gasteiger partial charge is 0.226 e. The molecule has 3 heteroatoms. The zero-order valence-corrected chi connectivity index (χ0v) is 9.04. The summed E-state index contributed by atoms with van der Waals surface area (Å²) in [7, 11) is 0. The normalized spacial score (nSPS) is 16.4. The molecule has 1 heterocycles. The number of aliphatic hydroxyl groups excluding tert-OH is 1. The summed E-state index contributed by atoms with van der Waals surface area (Å²) in [5, 5.41) is 9.88. The molecule has 1 atom stereocenters. The molecule has 84 valence electrons. The van der Waals surface area contributed by atoms with Crippen LogP contribution in [0.15, 0.2) is 42.5 Å². The third-order valence-corrected chi connectivity index (χ3v) is 2.72. The Kier molecular flexibility index (Phi) is 3.37. The molecule has 1 aromatic rings. The van der Waals surface area contributed by atoms with Gasteiger partial charge in [0.2, 0.25) is 5.91 Å². The SMILES string of the molecule is O=C(C[C@H](O)c1ccccc1)N1CC=CC1. The minimum atomic E-state index is -0.700. The fourth-order valence-electron chi connectivity index (χ4n) is 1.77. The van der Waals surface area contributed by atoms with Crippen LogP contribution < -0.4 is 0 Å². The van der Waals surface area contributed by atoms with E-state index in [1.807, 2.05) is 42.5 Å². The maximum absolute atomic E-state index is 11.8. The first-order valence-corrected chi connectivity index (χ1v) is 5.43. The predicted octanol–water partition coefficient (Wildman–Crippen LogP) is 1.51. The van der Waals surface area contributed by atoms with Gasteiger partial charge < -0.3 is 10.0 Å². The van der Waals surface area contributed by atoms with Crippen molar-refractivity contribution in [3.63, 3.8) is 0 Å². The maximum Gasteiger partial charge on any atom is 0.226 e. The Hall–Kier alpha value is -1.61. The molecule has 3 nitrogen and oxygen atoms in total. The van der Waals surface area contributed by atoms with Crippen molar-refractivity contribution in [2.45, 2.75) is 12.5 Å². The summed E-state index contributed by atoms with van der Waals surface area (Å²) >= 11 is 0. The fraction of sp³-hybridized carbons (Fsp3) is 0.308. The van der Waals surface area contributed by atoms with Crippen molar-refractivity contribution >= 4 is 5.91 Å². The summed E-state index contributed by atoms with van der Waals surface area (Å²) in [6.07, 6.45) is 3.39. The number of nitrogens with zero attached hydrogens (tertiary/aromatic N) is 1. The molecule has 0 radical (unpaired) electrons. The van der Waals surface area contributed by atoms with Crippen LogP contribution in [0.3, 0.4) is 0 Å². The van der Waals surface area contributed by atoms with Crippen LogP contribution in [0.4, 0.5) is 0 Å². The Bertz CT molecular complexity index is 378. The van der Waals surface area contributed by atoms with Gasteiger partial charge in [-0.2, -0.15) is 0 Å². The van der Waals surface area contributed by atoms with E-state index < -0.39 is 6.10 Å². The molecule has 0 aromatic heterocycles. The molecule has 1 aromatic carbocycles. The Morgan fingerprint density at radius 3 is 2.50 bits per heavy atom. The summed E-state index contributed by atoms with van der Waals surface area (Å²) < 4.78 is 0. The quantitative estimate of drug-likeness (QED) is 0.780. The van der Waals surface area contributed by atoms with E-state index in [2.05, 4.69) is 0 Å². The first-order chi connectivity index (χ1) is 7.77. The molecular formula is C13H15NO2. The Balaban J connectivity index is 1.92. The highest BCUT2D eigenvalue weighted by Crippen LogP contribution is 2.17. The summed E-state index contributed by atoms with van der Waals surface area (Å²) in [6.45, 7) is 1.33. The van der Waals surface area contributed by atoms with Crippen LogP contribution >= 0.6 is 0 Å². The third-order valence-electron chi connectivity index (χ3n) is 2.72. The number of benzene rings is 1. The maximum atomic E-state index is 11.8. The van der Waals surface area contributed by atoms with Gasteiger partial charge in [0.15, 0.2) is 0 Å². The molecule has 0 spiro atoms. The van der Waals surface area contributed by atoms with E-state index in [0.29, 0.717) is 13.1 Å². The average molecular weight is 217 g/mol. The lowest BCUT2D eigenvalue weighted by Gasteiger charge is -2.17. The van der Waals surface area contributed by atoms with Crippen LogP contribution in [0.5, 0.6) is 0 Å². The molecule has 1 N–H and O–H groups in total. The van der Waals surface area contributed by atoms with E-state index in [4.69, 9.17) is 0 Å². The van der Waals surface area contributed by atoms with Gasteiger partial charge in [-0.05, 0) is 5.56 Å². The fourth-order valence-corrected chi connectivity index (χ4v) is 1.77. The van der Waals surface area contributed by atoms with Crippen molar-refractivity contribution in [1.29, 1.82) is 0 Å². The number of aliphatic hydroxyl groups is 1. The number of hydrogen-bond acceptors (Lipinski definition) is 2. The van der Waals surface area contributed by atoms with Gasteiger partial charge in [0.1, 0.15) is 0 Å². The number of carbonyl (C=O) groups excluding carboxylic acids is 1. The van der Waals surface area contributed by atoms with Crippen molar-refractivity contribution in [2.75, 3.05) is 13.1 Å². The highest BCUT2D eigenvalue weighted by Gasteiger charge is 2.18. The summed E-state index contributed by atoms with van der Waals surface area (Å²) in [4.78, 5) is 13.5. The van der Waals surface area contributed by atoms with Crippen molar-refractivity contribution in [3.8, 4) is 0 Å². The first-order valence-electron chi connectivity index (χ1n) is 5.43. The average Bonchev–Trinajstić information content (AvgIpc) is 2.83. The minimum absolute atomic E-state index is 0.00125. The Labute approximate surface area is 95.0 Å². The van der Waals surface area contributed by atoms with Crippen molar-refractivity contribution < 1.29 is 9.90 Å². The monoisotopic (exact) mass is 217 g/mol. The molecule has 0 saturated heterocycles. The second-order valence-corrected chi connectivity index (χ2v) is 3.90. The topological polar surface area (TPSA) is 40.5 Å². The van der Waals surface area contributed by atoms with E-state index in [1.165, 1.54) is 0 Å². The van der Waals surface area contributed by atoms with Crippen LogP contribution in [-0.2, 0) is 4.79 Å². The second-order valence-electron chi connectivity index (χ2n) is 3.90. The molecule has 1 aliphatic rings. The van der Waals surface area contributed by atoms with E-state index in [0.717, 1.165) is 5.56 Å². The molecule has 0 aliphatic carbocycles. The Morgan fingerprint density at radius 2 is 1.88 bits per heavy atom. The first kappa shape index (κ1) is 10.9. The van der Waals surface area contributed by atoms with Crippen LogP contribution in [-0.4, -0.2) is 29.0 Å². The highest BCUT2D eigenvalue weighted by atomic mass is 16.3.